The van der Waals surface area contributed by atoms with E-state index >= 15 is 0 Å². The maximum Gasteiger partial charge on any atom is 0.243 e. The van der Waals surface area contributed by atoms with Gasteiger partial charge in [-0.3, -0.25) is 9.59 Å². The summed E-state index contributed by atoms with van der Waals surface area (Å²) in [7, 11) is -2.50. The number of hydrogen-bond acceptors (Lipinski definition) is 5. The van der Waals surface area contributed by atoms with Crippen molar-refractivity contribution in [1.29, 1.82) is 0 Å². The molecular formula is C20H25N3O5S. The molecule has 0 atom stereocenters. The monoisotopic (exact) mass is 419 g/mol. The summed E-state index contributed by atoms with van der Waals surface area (Å²) in [6.07, 6.45) is 0. The number of carbonyl (C=O) groups excluding carboxylic acids is 2. The summed E-state index contributed by atoms with van der Waals surface area (Å²) in [5.41, 5.74) is 1.62. The quantitative estimate of drug-likeness (QED) is 0.603. The first kappa shape index (κ1) is 22.4. The van der Waals surface area contributed by atoms with Crippen LogP contribution in [-0.4, -0.2) is 51.3 Å². The zero-order valence-electron chi connectivity index (χ0n) is 16.6. The van der Waals surface area contributed by atoms with Crippen molar-refractivity contribution in [1.82, 2.24) is 9.62 Å². The smallest absolute Gasteiger partial charge is 0.243 e. The van der Waals surface area contributed by atoms with Gasteiger partial charge in [-0.25, -0.2) is 8.42 Å². The van der Waals surface area contributed by atoms with Gasteiger partial charge in [-0.1, -0.05) is 17.7 Å². The Morgan fingerprint density at radius 2 is 1.66 bits per heavy atom. The predicted octanol–water partition coefficient (Wildman–Crippen LogP) is 1.77. The Morgan fingerprint density at radius 3 is 2.24 bits per heavy atom. The molecule has 0 spiro atoms. The second-order valence-corrected chi connectivity index (χ2v) is 8.52. The van der Waals surface area contributed by atoms with E-state index in [9.17, 15) is 18.0 Å². The topological polar surface area (TPSA) is 105 Å². The van der Waals surface area contributed by atoms with Crippen molar-refractivity contribution in [3.8, 4) is 5.75 Å². The second kappa shape index (κ2) is 10.0. The SMILES string of the molecule is CC(=O)Nc1ccc(S(=O)(=O)N(C)CC(=O)NCCOc2ccc(C)cc2)cc1. The average molecular weight is 420 g/mol. The number of nitrogens with zero attached hydrogens (tertiary/aromatic N) is 1. The number of benzene rings is 2. The minimum Gasteiger partial charge on any atom is -0.492 e. The Morgan fingerprint density at radius 1 is 1.03 bits per heavy atom. The third kappa shape index (κ3) is 6.88. The second-order valence-electron chi connectivity index (χ2n) is 6.48. The van der Waals surface area contributed by atoms with Crippen LogP contribution in [0.2, 0.25) is 0 Å². The minimum absolute atomic E-state index is 0.0320. The Hall–Kier alpha value is -2.91. The Balaban J connectivity index is 1.82. The molecule has 0 aliphatic carbocycles. The fourth-order valence-electron chi connectivity index (χ4n) is 2.43. The predicted molar refractivity (Wildman–Crippen MR) is 110 cm³/mol. The molecule has 0 unspecified atom stereocenters. The van der Waals surface area contributed by atoms with Crippen LogP contribution >= 0.6 is 0 Å². The van der Waals surface area contributed by atoms with Crippen LogP contribution < -0.4 is 15.4 Å². The fourth-order valence-corrected chi connectivity index (χ4v) is 3.56. The number of ether oxygens (including phenoxy) is 1. The van der Waals surface area contributed by atoms with E-state index in [4.69, 9.17) is 4.74 Å². The molecule has 2 aromatic rings. The van der Waals surface area contributed by atoms with Crippen molar-refractivity contribution in [3.63, 3.8) is 0 Å². The van der Waals surface area contributed by atoms with E-state index in [-0.39, 0.29) is 30.5 Å². The lowest BCUT2D eigenvalue weighted by Gasteiger charge is -2.17. The Bertz CT molecular complexity index is 941. The maximum absolute atomic E-state index is 12.6. The highest BCUT2D eigenvalue weighted by Gasteiger charge is 2.22. The first-order chi connectivity index (χ1) is 13.7. The first-order valence-corrected chi connectivity index (χ1v) is 10.4. The van der Waals surface area contributed by atoms with Gasteiger partial charge in [-0.15, -0.1) is 0 Å². The third-order valence-electron chi connectivity index (χ3n) is 3.96. The highest BCUT2D eigenvalue weighted by Crippen LogP contribution is 2.17. The summed E-state index contributed by atoms with van der Waals surface area (Å²) in [6.45, 7) is 3.55. The van der Waals surface area contributed by atoms with Gasteiger partial charge in [0.15, 0.2) is 0 Å². The van der Waals surface area contributed by atoms with E-state index in [1.165, 1.54) is 38.2 Å². The molecule has 0 aromatic heterocycles. The van der Waals surface area contributed by atoms with Crippen molar-refractivity contribution >= 4 is 27.5 Å². The molecule has 2 rings (SSSR count). The summed E-state index contributed by atoms with van der Waals surface area (Å²) in [5, 5.41) is 5.20. The summed E-state index contributed by atoms with van der Waals surface area (Å²) in [6, 6.07) is 13.3. The highest BCUT2D eigenvalue weighted by atomic mass is 32.2. The Kier molecular flexibility index (Phi) is 7.74. The molecule has 2 N–H and O–H groups in total. The van der Waals surface area contributed by atoms with Gasteiger partial charge >= 0.3 is 0 Å². The number of nitrogens with one attached hydrogen (secondary N) is 2. The molecule has 0 saturated heterocycles. The number of carbonyl (C=O) groups is 2. The zero-order valence-corrected chi connectivity index (χ0v) is 17.5. The van der Waals surface area contributed by atoms with Gasteiger partial charge in [0.1, 0.15) is 12.4 Å². The molecule has 0 heterocycles. The number of amides is 2. The maximum atomic E-state index is 12.6. The van der Waals surface area contributed by atoms with Crippen LogP contribution in [0.25, 0.3) is 0 Å². The molecule has 0 radical (unpaired) electrons. The van der Waals surface area contributed by atoms with Crippen LogP contribution in [0.15, 0.2) is 53.4 Å². The van der Waals surface area contributed by atoms with E-state index in [2.05, 4.69) is 10.6 Å². The van der Waals surface area contributed by atoms with Gasteiger partial charge in [0.25, 0.3) is 0 Å². The molecule has 2 amide bonds. The lowest BCUT2D eigenvalue weighted by Crippen LogP contribution is -2.39. The standard InChI is InChI=1S/C20H25N3O5S/c1-15-4-8-18(9-5-15)28-13-12-21-20(25)14-23(3)29(26,27)19-10-6-17(7-11-19)22-16(2)24/h4-11H,12-14H2,1-3H3,(H,21,25)(H,22,24). The van der Waals surface area contributed by atoms with Crippen LogP contribution in [0.3, 0.4) is 0 Å². The van der Waals surface area contributed by atoms with Crippen LogP contribution in [0.4, 0.5) is 5.69 Å². The van der Waals surface area contributed by atoms with Gasteiger partial charge in [-0.05, 0) is 43.3 Å². The van der Waals surface area contributed by atoms with E-state index in [1.54, 1.807) is 0 Å². The normalized spacial score (nSPS) is 11.2. The van der Waals surface area contributed by atoms with Gasteiger partial charge in [0.2, 0.25) is 21.8 Å². The largest absolute Gasteiger partial charge is 0.492 e. The van der Waals surface area contributed by atoms with Crippen molar-refractivity contribution in [2.45, 2.75) is 18.7 Å². The molecule has 0 fully saturated rings. The van der Waals surface area contributed by atoms with E-state index in [0.717, 1.165) is 9.87 Å². The summed E-state index contributed by atoms with van der Waals surface area (Å²) >= 11 is 0. The van der Waals surface area contributed by atoms with Crippen LogP contribution in [0, 0.1) is 6.92 Å². The van der Waals surface area contributed by atoms with E-state index in [1.807, 2.05) is 31.2 Å². The molecule has 0 bridgehead atoms. The van der Waals surface area contributed by atoms with Crippen LogP contribution in [0.5, 0.6) is 5.75 Å². The average Bonchev–Trinajstić information content (AvgIpc) is 2.66. The summed E-state index contributed by atoms with van der Waals surface area (Å²) in [5.74, 6) is 0.0199. The van der Waals surface area contributed by atoms with Crippen LogP contribution in [0.1, 0.15) is 12.5 Å². The first-order valence-electron chi connectivity index (χ1n) is 8.98. The van der Waals surface area contributed by atoms with E-state index < -0.39 is 15.9 Å². The highest BCUT2D eigenvalue weighted by molar-refractivity contribution is 7.89. The summed E-state index contributed by atoms with van der Waals surface area (Å²) in [4.78, 5) is 23.1. The van der Waals surface area contributed by atoms with Crippen molar-refractivity contribution in [3.05, 3.63) is 54.1 Å². The van der Waals surface area contributed by atoms with E-state index in [0.29, 0.717) is 11.4 Å². The molecule has 29 heavy (non-hydrogen) atoms. The van der Waals surface area contributed by atoms with Gasteiger partial charge in [-0.2, -0.15) is 4.31 Å². The molecule has 156 valence electrons. The number of anilines is 1. The zero-order chi connectivity index (χ0) is 21.4. The summed E-state index contributed by atoms with van der Waals surface area (Å²) < 4.78 is 31.6. The lowest BCUT2D eigenvalue weighted by atomic mass is 10.2. The number of likely N-dealkylation sites (N-methyl/N-ethyl adjacent to an activating group) is 1. The Labute approximate surface area is 170 Å². The molecule has 0 aliphatic rings. The minimum atomic E-state index is -3.83. The van der Waals surface area contributed by atoms with Crippen molar-refractivity contribution < 1.29 is 22.7 Å². The molecule has 0 aliphatic heterocycles. The molecule has 8 nitrogen and oxygen atoms in total. The van der Waals surface area contributed by atoms with Crippen molar-refractivity contribution in [2.24, 2.45) is 0 Å². The number of hydrogen-bond donors (Lipinski definition) is 2. The van der Waals surface area contributed by atoms with Gasteiger partial charge in [0, 0.05) is 19.7 Å². The third-order valence-corrected chi connectivity index (χ3v) is 5.78. The molecule has 2 aromatic carbocycles. The number of rotatable bonds is 9. The molecule has 9 heteroatoms. The molecule has 0 saturated carbocycles. The number of aryl methyl sites for hydroxylation is 1. The lowest BCUT2D eigenvalue weighted by molar-refractivity contribution is -0.121. The van der Waals surface area contributed by atoms with Gasteiger partial charge < -0.3 is 15.4 Å². The van der Waals surface area contributed by atoms with Gasteiger partial charge in [0.05, 0.1) is 18.0 Å². The van der Waals surface area contributed by atoms with Crippen LogP contribution in [-0.2, 0) is 19.6 Å². The molecular weight excluding hydrogens is 394 g/mol. The van der Waals surface area contributed by atoms with Crippen molar-refractivity contribution in [2.75, 3.05) is 32.1 Å². The fraction of sp³-hybridized carbons (Fsp3) is 0.300. The number of sulfonamides is 1.